The predicted molar refractivity (Wildman–Crippen MR) is 481 cm³/mol. The first-order valence-corrected chi connectivity index (χ1v) is 54.0. The molecule has 19 N–H and O–H groups in total. The first-order valence-electron chi connectivity index (χ1n) is 44.8. The standard InChI is InChI=1S/C76H141N7O48P6.2CH4/c1-50(2)132(97,98)123-41-60-56(34-61(127-60)83-47-79-62-51(3)77-46-78-72(62)83)131-137(107,108)126-49-113-40-55(35-84)39-112-48-125-136(105,106)124-45-76(42-109-22-19-31-120-133(99,100)117-28-16-10-7-13-25-114-73-63(80-52(4)88)69(94)66(91)57(36-85)128-73,43-110-23-20-32-121-134(101,102)118-29-17-11-8-14-26-115-74-64(81-53(5)89)70(95)67(92)58(37-86)129-74)44-111-24-21-33-122-135(103,104)119-30-18-12-9-15-27-116-75-65(82-54(6)90)71(96)68(93)59(38-87)130-75;;/h46-47,50,55-61,63-71,73-75,84-87,91-96H,7-45,48-49H2,1-6H3,(H,80,88)(H,81,89)(H,82,90)(H,97,98)(H,99,100)(H,101,102)(H,103,104)(H,105,106)(H,107,108);2*1H4/t55?,56-,57?,58?,59?,60+,61+,63?,64?,65?,66-,67-,68-,69+,70+,71+,73+,74+,75+,76?;;/m0../s1. The summed E-state index contributed by atoms with van der Waals surface area (Å²) in [4.78, 5) is 112. The summed E-state index contributed by atoms with van der Waals surface area (Å²) < 4.78 is 207. The molecule has 6 rings (SSSR count). The molecular formula is C78H149N7O48P6. The molecule has 3 amide bonds. The van der Waals surface area contributed by atoms with E-state index in [1.165, 1.54) is 51.8 Å². The third-order valence-corrected chi connectivity index (χ3v) is 28.0. The van der Waals surface area contributed by atoms with Gasteiger partial charge in [0, 0.05) is 72.8 Å². The van der Waals surface area contributed by atoms with E-state index in [1.807, 2.05) is 0 Å². The molecule has 0 radical (unpaired) electrons. The first kappa shape index (κ1) is 128. The maximum Gasteiger partial charge on any atom is 0.474 e. The molecule has 0 aliphatic carbocycles. The summed E-state index contributed by atoms with van der Waals surface area (Å²) in [5.74, 6) is -2.54. The molecule has 13 unspecified atom stereocenters. The number of unbranched alkanes of at least 4 members (excludes halogenated alkanes) is 9. The first-order chi connectivity index (χ1) is 64.9. The van der Waals surface area contributed by atoms with E-state index in [1.54, 1.807) is 6.92 Å². The number of imidazole rings is 1. The summed E-state index contributed by atoms with van der Waals surface area (Å²) in [6.45, 7) is -2.43. The highest BCUT2D eigenvalue weighted by atomic mass is 31.2. The van der Waals surface area contributed by atoms with Crippen molar-refractivity contribution in [3.05, 3.63) is 18.3 Å². The van der Waals surface area contributed by atoms with E-state index >= 15 is 0 Å². The number of aliphatic hydroxyl groups is 10. The van der Waals surface area contributed by atoms with Crippen LogP contribution in [0.1, 0.15) is 164 Å². The number of amides is 3. The minimum atomic E-state index is -5.23. The van der Waals surface area contributed by atoms with Gasteiger partial charge in [-0.05, 0) is 64.7 Å². The molecule has 4 aliphatic rings. The monoisotopic (exact) mass is 2140 g/mol. The van der Waals surface area contributed by atoms with Crippen molar-refractivity contribution in [2.75, 3.05) is 166 Å². The zero-order chi connectivity index (χ0) is 101. The lowest BCUT2D eigenvalue weighted by atomic mass is 9.92. The van der Waals surface area contributed by atoms with Gasteiger partial charge in [0.2, 0.25) is 17.7 Å². The number of aliphatic hydroxyl groups excluding tert-OH is 10. The zero-order valence-corrected chi connectivity index (χ0v) is 82.8. The van der Waals surface area contributed by atoms with E-state index in [2.05, 4.69) is 30.9 Å². The van der Waals surface area contributed by atoms with Crippen molar-refractivity contribution < 1.29 is 229 Å². The van der Waals surface area contributed by atoms with E-state index in [0.717, 1.165) is 0 Å². The van der Waals surface area contributed by atoms with Gasteiger partial charge in [0.1, 0.15) is 103 Å². The highest BCUT2D eigenvalue weighted by molar-refractivity contribution is 7.53. The Morgan fingerprint density at radius 3 is 1.14 bits per heavy atom. The van der Waals surface area contributed by atoms with Crippen LogP contribution in [0.2, 0.25) is 0 Å². The average Bonchev–Trinajstić information content (AvgIpc) is 1.71. The Morgan fingerprint density at radius 2 is 0.784 bits per heavy atom. The number of aromatic nitrogens is 4. The van der Waals surface area contributed by atoms with Gasteiger partial charge in [-0.1, -0.05) is 67.2 Å². The largest absolute Gasteiger partial charge is 0.474 e. The lowest BCUT2D eigenvalue weighted by Gasteiger charge is -2.42. The molecule has 4 saturated heterocycles. The number of phosphoric acid groups is 5. The second-order valence-electron chi connectivity index (χ2n) is 33.0. The van der Waals surface area contributed by atoms with Gasteiger partial charge in [0.25, 0.3) is 0 Å². The van der Waals surface area contributed by atoms with Gasteiger partial charge in [-0.2, -0.15) is 0 Å². The number of nitrogens with one attached hydrogen (secondary N) is 3. The molecule has 6 heterocycles. The minimum absolute atomic E-state index is 0. The summed E-state index contributed by atoms with van der Waals surface area (Å²) in [5, 5.41) is 109. The SMILES string of the molecule is C.C.CC(=O)NC1[C@H](OCCCCCCOP(=O)(O)OCCCOCC(COCCCOP(=O)(O)OCCCCCCO[C@@H]2OC(CO)[C@H](O)[C@H](O)C2NC(C)=O)(COCCCOP(=O)(O)OCCCCCCO[C@@H]2OC(CO)[C@H](O)[C@H](O)C2NC(C)=O)COP(=O)(O)OCOCC(CO)COCOP(=O)(O)O[C@H]2C[C@H](n3cnc4c(C)ncnc43)O[C@@H]2COP(=O)(O)C(C)C)OC(CO)[C@H](O)[C@@H]1O. The van der Waals surface area contributed by atoms with E-state index in [-0.39, 0.29) is 119 Å². The van der Waals surface area contributed by atoms with Crippen LogP contribution in [0.3, 0.4) is 0 Å². The molecular weight excluding hydrogens is 1990 g/mol. The maximum atomic E-state index is 13.8. The lowest BCUT2D eigenvalue weighted by Crippen LogP contribution is -2.64. The summed E-state index contributed by atoms with van der Waals surface area (Å²) in [7, 11) is -28.5. The van der Waals surface area contributed by atoms with Crippen molar-refractivity contribution in [2.45, 2.75) is 275 Å². The summed E-state index contributed by atoms with van der Waals surface area (Å²) in [6, 6.07) is -3.41. The lowest BCUT2D eigenvalue weighted by molar-refractivity contribution is -0.270. The molecule has 2 aromatic heterocycles. The number of hydrogen-bond acceptors (Lipinski definition) is 45. The van der Waals surface area contributed by atoms with Crippen molar-refractivity contribution in [3.8, 4) is 0 Å². The Balaban J connectivity index is 0.0000202. The zero-order valence-electron chi connectivity index (χ0n) is 77.4. The molecule has 139 heavy (non-hydrogen) atoms. The minimum Gasteiger partial charge on any atom is -0.396 e. The normalized spacial score (nSPS) is 27.3. The fourth-order valence-electron chi connectivity index (χ4n) is 13.8. The average molecular weight is 2140 g/mol. The highest BCUT2D eigenvalue weighted by Crippen LogP contribution is 2.53. The van der Waals surface area contributed by atoms with Crippen molar-refractivity contribution in [2.24, 2.45) is 11.3 Å². The number of ether oxygens (including phenoxy) is 12. The Bertz CT molecular complexity index is 3860. The van der Waals surface area contributed by atoms with Gasteiger partial charge in [0.15, 0.2) is 38.1 Å². The number of rotatable bonds is 75. The van der Waals surface area contributed by atoms with Crippen LogP contribution < -0.4 is 16.0 Å². The number of carbonyl (C=O) groups is 3. The van der Waals surface area contributed by atoms with Crippen LogP contribution >= 0.6 is 46.7 Å². The summed E-state index contributed by atoms with van der Waals surface area (Å²) in [5.41, 5.74) is -1.14. The van der Waals surface area contributed by atoms with Crippen LogP contribution in [-0.2, 0) is 148 Å². The molecule has 0 spiro atoms. The third-order valence-electron chi connectivity index (χ3n) is 21.2. The Hall–Kier alpha value is -3.22. The molecule has 0 aromatic carbocycles. The Labute approximate surface area is 806 Å². The third kappa shape index (κ3) is 47.0. The van der Waals surface area contributed by atoms with Crippen LogP contribution in [-0.4, -0.2) is 393 Å². The fourth-order valence-corrected chi connectivity index (χ4v) is 18.4. The van der Waals surface area contributed by atoms with Crippen LogP contribution in [0.25, 0.3) is 11.2 Å². The number of nitrogens with zero attached hydrogens (tertiary/aromatic N) is 4. The maximum absolute atomic E-state index is 13.8. The van der Waals surface area contributed by atoms with Crippen LogP contribution in [0.15, 0.2) is 12.7 Å². The fraction of sp³-hybridized carbons (Fsp3) is 0.897. The second kappa shape index (κ2) is 65.6. The molecule has 4 fully saturated rings. The van der Waals surface area contributed by atoms with E-state index in [0.29, 0.717) is 74.6 Å². The number of aryl methyl sites for hydroxylation is 1. The van der Waals surface area contributed by atoms with Gasteiger partial charge in [-0.25, -0.2) is 37.8 Å². The van der Waals surface area contributed by atoms with Crippen molar-refractivity contribution in [1.29, 1.82) is 0 Å². The second-order valence-corrected chi connectivity index (χ2v) is 42.7. The molecule has 0 bridgehead atoms. The van der Waals surface area contributed by atoms with Crippen LogP contribution in [0.5, 0.6) is 0 Å². The number of hydrogen-bond donors (Lipinski definition) is 19. The van der Waals surface area contributed by atoms with Gasteiger partial charge >= 0.3 is 46.7 Å². The van der Waals surface area contributed by atoms with Crippen molar-refractivity contribution >= 4 is 75.6 Å². The molecule has 61 heteroatoms. The van der Waals surface area contributed by atoms with Gasteiger partial charge in [-0.3, -0.25) is 68.8 Å². The summed E-state index contributed by atoms with van der Waals surface area (Å²) in [6.07, 6.45) is -12.2. The molecule has 2 aromatic rings. The van der Waals surface area contributed by atoms with Crippen molar-refractivity contribution in [1.82, 2.24) is 35.5 Å². The molecule has 25 atom stereocenters. The van der Waals surface area contributed by atoms with Crippen molar-refractivity contribution in [3.63, 3.8) is 0 Å². The summed E-state index contributed by atoms with van der Waals surface area (Å²) >= 11 is 0. The Morgan fingerprint density at radius 1 is 0.432 bits per heavy atom. The van der Waals surface area contributed by atoms with Crippen LogP contribution in [0.4, 0.5) is 0 Å². The van der Waals surface area contributed by atoms with Crippen LogP contribution in [0, 0.1) is 18.3 Å². The molecule has 0 saturated carbocycles. The van der Waals surface area contributed by atoms with Gasteiger partial charge < -0.3 is 158 Å². The highest BCUT2D eigenvalue weighted by Gasteiger charge is 2.50. The van der Waals surface area contributed by atoms with Gasteiger partial charge in [0.05, 0.1) is 135 Å². The van der Waals surface area contributed by atoms with E-state index in [4.69, 9.17) is 107 Å². The quantitative estimate of drug-likeness (QED) is 0.0254. The molecule has 55 nitrogen and oxygen atoms in total. The van der Waals surface area contributed by atoms with Gasteiger partial charge in [-0.15, -0.1) is 0 Å². The topological polar surface area (TPSA) is 769 Å². The number of carbonyl (C=O) groups excluding carboxylic acids is 3. The van der Waals surface area contributed by atoms with E-state index < -0.39 is 298 Å². The molecule has 4 aliphatic heterocycles. The number of phosphoric ester groups is 5. The predicted octanol–water partition coefficient (Wildman–Crippen LogP) is 1.67. The Kier molecular flexibility index (Phi) is 60.4. The molecule has 814 valence electrons. The number of fused-ring (bicyclic) bond motifs is 1. The van der Waals surface area contributed by atoms with E-state index in [9.17, 15) is 122 Å². The smallest absolute Gasteiger partial charge is 0.396 e.